The van der Waals surface area contributed by atoms with Gasteiger partial charge in [0.25, 0.3) is 5.91 Å². The van der Waals surface area contributed by atoms with Crippen molar-refractivity contribution in [2.75, 3.05) is 32.8 Å². The molecule has 0 aliphatic carbocycles. The summed E-state index contributed by atoms with van der Waals surface area (Å²) in [4.78, 5) is 21.0. The fourth-order valence-electron chi connectivity index (χ4n) is 3.38. The average Bonchev–Trinajstić information content (AvgIpc) is 2.73. The van der Waals surface area contributed by atoms with Gasteiger partial charge in [-0.1, -0.05) is 38.1 Å². The average molecular weight is 367 g/mol. The number of pyridine rings is 1. The lowest BCUT2D eigenvalue weighted by Gasteiger charge is -2.34. The molecule has 1 atom stereocenters. The molecular weight excluding hydrogens is 338 g/mol. The van der Waals surface area contributed by atoms with Crippen LogP contribution < -0.4 is 4.74 Å². The number of carbonyl (C=O) groups is 1. The minimum absolute atomic E-state index is 0.0648. The second-order valence-electron chi connectivity index (χ2n) is 7.15. The quantitative estimate of drug-likeness (QED) is 0.753. The summed E-state index contributed by atoms with van der Waals surface area (Å²) in [5, 5.41) is 0. The molecule has 1 amide bonds. The van der Waals surface area contributed by atoms with Crippen molar-refractivity contribution in [2.45, 2.75) is 32.7 Å². The van der Waals surface area contributed by atoms with Crippen molar-refractivity contribution in [1.82, 2.24) is 14.8 Å². The van der Waals surface area contributed by atoms with Crippen molar-refractivity contribution in [2.24, 2.45) is 0 Å². The van der Waals surface area contributed by atoms with E-state index in [0.717, 1.165) is 44.9 Å². The zero-order chi connectivity index (χ0) is 19.1. The molecule has 1 aromatic heterocycles. The number of benzene rings is 1. The second kappa shape index (κ2) is 9.51. The highest BCUT2D eigenvalue weighted by molar-refractivity contribution is 5.78. The summed E-state index contributed by atoms with van der Waals surface area (Å²) in [6.45, 7) is 8.59. The van der Waals surface area contributed by atoms with Crippen molar-refractivity contribution < 1.29 is 9.53 Å². The Bertz CT molecular complexity index is 727. The fourth-order valence-corrected chi connectivity index (χ4v) is 3.38. The van der Waals surface area contributed by atoms with Crippen molar-refractivity contribution in [1.29, 1.82) is 0 Å². The van der Waals surface area contributed by atoms with E-state index in [0.29, 0.717) is 5.92 Å². The largest absolute Gasteiger partial charge is 0.483 e. The van der Waals surface area contributed by atoms with Crippen molar-refractivity contribution in [3.05, 3.63) is 59.9 Å². The van der Waals surface area contributed by atoms with Crippen molar-refractivity contribution in [3.8, 4) is 5.75 Å². The molecule has 1 aliphatic heterocycles. The second-order valence-corrected chi connectivity index (χ2v) is 7.15. The van der Waals surface area contributed by atoms with Crippen LogP contribution in [0.5, 0.6) is 5.75 Å². The Morgan fingerprint density at radius 2 is 1.93 bits per heavy atom. The molecule has 1 aliphatic rings. The lowest BCUT2D eigenvalue weighted by Crippen LogP contribution is -2.49. The summed E-state index contributed by atoms with van der Waals surface area (Å²) in [7, 11) is 0. The first-order valence-electron chi connectivity index (χ1n) is 9.78. The number of para-hydroxylation sites is 1. The maximum Gasteiger partial charge on any atom is 0.260 e. The first-order valence-corrected chi connectivity index (χ1v) is 9.78. The standard InChI is InChI=1S/C22H29N3O2/c1-3-18(2)20-8-4-5-9-21(20)27-17-22(26)25-13-11-24(12-14-25)16-19-7-6-10-23-15-19/h4-10,15,18H,3,11-14,16-17H2,1-2H3. The summed E-state index contributed by atoms with van der Waals surface area (Å²) in [5.41, 5.74) is 2.39. The third-order valence-electron chi connectivity index (χ3n) is 5.27. The monoisotopic (exact) mass is 367 g/mol. The highest BCUT2D eigenvalue weighted by Crippen LogP contribution is 2.28. The van der Waals surface area contributed by atoms with Gasteiger partial charge in [-0.15, -0.1) is 0 Å². The predicted molar refractivity (Wildman–Crippen MR) is 107 cm³/mol. The molecule has 0 saturated carbocycles. The lowest BCUT2D eigenvalue weighted by molar-refractivity contribution is -0.135. The molecule has 0 N–H and O–H groups in total. The van der Waals surface area contributed by atoms with Gasteiger partial charge in [0, 0.05) is 45.1 Å². The third kappa shape index (κ3) is 5.30. The van der Waals surface area contributed by atoms with E-state index in [1.807, 2.05) is 35.4 Å². The molecule has 1 aromatic carbocycles. The molecule has 27 heavy (non-hydrogen) atoms. The first kappa shape index (κ1) is 19.4. The van der Waals surface area contributed by atoms with E-state index in [4.69, 9.17) is 4.74 Å². The number of rotatable bonds is 7. The SMILES string of the molecule is CCC(C)c1ccccc1OCC(=O)N1CCN(Cc2cccnc2)CC1. The zero-order valence-electron chi connectivity index (χ0n) is 16.3. The number of hydrogen-bond donors (Lipinski definition) is 0. The summed E-state index contributed by atoms with van der Waals surface area (Å²) < 4.78 is 5.88. The maximum atomic E-state index is 12.6. The minimum Gasteiger partial charge on any atom is -0.483 e. The number of ether oxygens (including phenoxy) is 1. The van der Waals surface area contributed by atoms with Gasteiger partial charge < -0.3 is 9.64 Å². The van der Waals surface area contributed by atoms with Crippen LogP contribution in [0, 0.1) is 0 Å². The van der Waals surface area contributed by atoms with Crippen LogP contribution in [0.3, 0.4) is 0 Å². The summed E-state index contributed by atoms with van der Waals surface area (Å²) in [5.74, 6) is 1.32. The molecule has 5 nitrogen and oxygen atoms in total. The Labute approximate surface area is 162 Å². The van der Waals surface area contributed by atoms with Crippen LogP contribution in [-0.4, -0.2) is 53.5 Å². The molecular formula is C22H29N3O2. The molecule has 0 spiro atoms. The smallest absolute Gasteiger partial charge is 0.260 e. The number of amides is 1. The van der Waals surface area contributed by atoms with Crippen LogP contribution >= 0.6 is 0 Å². The Kier molecular flexibility index (Phi) is 6.82. The lowest BCUT2D eigenvalue weighted by atomic mass is 9.98. The highest BCUT2D eigenvalue weighted by atomic mass is 16.5. The molecule has 5 heteroatoms. The van der Waals surface area contributed by atoms with Gasteiger partial charge in [0.05, 0.1) is 0 Å². The van der Waals surface area contributed by atoms with Crippen molar-refractivity contribution in [3.63, 3.8) is 0 Å². The number of carbonyl (C=O) groups excluding carboxylic acids is 1. The van der Waals surface area contributed by atoms with Gasteiger partial charge >= 0.3 is 0 Å². The third-order valence-corrected chi connectivity index (χ3v) is 5.27. The van der Waals surface area contributed by atoms with Gasteiger partial charge in [-0.2, -0.15) is 0 Å². The van der Waals surface area contributed by atoms with Gasteiger partial charge in [0.15, 0.2) is 6.61 Å². The predicted octanol–water partition coefficient (Wildman–Crippen LogP) is 3.32. The number of aromatic nitrogens is 1. The molecule has 1 unspecified atom stereocenters. The Morgan fingerprint density at radius 1 is 1.15 bits per heavy atom. The van der Waals surface area contributed by atoms with E-state index in [1.54, 1.807) is 6.20 Å². The topological polar surface area (TPSA) is 45.7 Å². The van der Waals surface area contributed by atoms with Gasteiger partial charge in [-0.05, 0) is 35.6 Å². The summed E-state index contributed by atoms with van der Waals surface area (Å²) >= 11 is 0. The van der Waals surface area contributed by atoms with Gasteiger partial charge in [0.2, 0.25) is 0 Å². The van der Waals surface area contributed by atoms with Crippen molar-refractivity contribution >= 4 is 5.91 Å². The van der Waals surface area contributed by atoms with Gasteiger partial charge in [0.1, 0.15) is 5.75 Å². The normalized spacial score (nSPS) is 16.1. The molecule has 2 aromatic rings. The highest BCUT2D eigenvalue weighted by Gasteiger charge is 2.22. The zero-order valence-corrected chi connectivity index (χ0v) is 16.3. The molecule has 3 rings (SSSR count). The van der Waals surface area contributed by atoms with E-state index >= 15 is 0 Å². The first-order chi connectivity index (χ1) is 13.2. The van der Waals surface area contributed by atoms with E-state index in [1.165, 1.54) is 11.1 Å². The van der Waals surface area contributed by atoms with E-state index in [-0.39, 0.29) is 12.5 Å². The van der Waals surface area contributed by atoms with E-state index in [9.17, 15) is 4.79 Å². The maximum absolute atomic E-state index is 12.6. The van der Waals surface area contributed by atoms with Gasteiger partial charge in [-0.25, -0.2) is 0 Å². The van der Waals surface area contributed by atoms with Gasteiger partial charge in [-0.3, -0.25) is 14.7 Å². The Hall–Kier alpha value is -2.40. The molecule has 0 bridgehead atoms. The summed E-state index contributed by atoms with van der Waals surface area (Å²) in [6, 6.07) is 12.1. The molecule has 0 radical (unpaired) electrons. The van der Waals surface area contributed by atoms with Crippen LogP contribution in [0.2, 0.25) is 0 Å². The Morgan fingerprint density at radius 3 is 2.63 bits per heavy atom. The van der Waals surface area contributed by atoms with Crippen LogP contribution in [0.4, 0.5) is 0 Å². The molecule has 2 heterocycles. The number of nitrogens with zero attached hydrogens (tertiary/aromatic N) is 3. The Balaban J connectivity index is 1.48. The van der Waals surface area contributed by atoms with E-state index in [2.05, 4.69) is 35.9 Å². The minimum atomic E-state index is 0.0648. The summed E-state index contributed by atoms with van der Waals surface area (Å²) in [6.07, 6.45) is 4.74. The molecule has 1 saturated heterocycles. The molecule has 144 valence electrons. The molecule has 1 fully saturated rings. The van der Waals surface area contributed by atoms with Crippen LogP contribution in [-0.2, 0) is 11.3 Å². The fraction of sp³-hybridized carbons (Fsp3) is 0.455. The number of hydrogen-bond acceptors (Lipinski definition) is 4. The van der Waals surface area contributed by atoms with E-state index < -0.39 is 0 Å². The van der Waals surface area contributed by atoms with Crippen LogP contribution in [0.25, 0.3) is 0 Å². The number of piperazine rings is 1. The van der Waals surface area contributed by atoms with Crippen LogP contribution in [0.15, 0.2) is 48.8 Å². The van der Waals surface area contributed by atoms with Crippen LogP contribution in [0.1, 0.15) is 37.3 Å².